The summed E-state index contributed by atoms with van der Waals surface area (Å²) in [6.07, 6.45) is 4.66. The smallest absolute Gasteiger partial charge is 0.227 e. The summed E-state index contributed by atoms with van der Waals surface area (Å²) in [7, 11) is 0. The third kappa shape index (κ3) is 1.97. The summed E-state index contributed by atoms with van der Waals surface area (Å²) in [5.74, 6) is 0.392. The molecule has 3 nitrogen and oxygen atoms in total. The summed E-state index contributed by atoms with van der Waals surface area (Å²) >= 11 is 0. The van der Waals surface area contributed by atoms with Crippen LogP contribution in [0.3, 0.4) is 0 Å². The van der Waals surface area contributed by atoms with Gasteiger partial charge in [0.15, 0.2) is 0 Å². The van der Waals surface area contributed by atoms with E-state index in [4.69, 9.17) is 0 Å². The highest BCUT2D eigenvalue weighted by atomic mass is 16.3. The number of aliphatic hydroxyl groups is 1. The Kier molecular flexibility index (Phi) is 3.48. The van der Waals surface area contributed by atoms with E-state index in [1.54, 1.807) is 0 Å². The van der Waals surface area contributed by atoms with Gasteiger partial charge in [-0.05, 0) is 23.7 Å². The first kappa shape index (κ1) is 13.9. The molecule has 3 heteroatoms. The zero-order chi connectivity index (χ0) is 13.6. The quantitative estimate of drug-likeness (QED) is 0.836. The summed E-state index contributed by atoms with van der Waals surface area (Å²) in [5, 5.41) is 9.21. The minimum atomic E-state index is 0.0792. The van der Waals surface area contributed by atoms with E-state index in [1.807, 2.05) is 4.90 Å². The molecule has 0 unspecified atom stereocenters. The monoisotopic (exact) mass is 253 g/mol. The zero-order valence-corrected chi connectivity index (χ0v) is 12.2. The number of amides is 1. The summed E-state index contributed by atoms with van der Waals surface area (Å²) in [6.45, 7) is 9.31. The molecule has 2 aliphatic carbocycles. The number of carbonyl (C=O) groups is 1. The Balaban J connectivity index is 2.10. The fraction of sp³-hybridized carbons (Fsp3) is 0.933. The first-order valence-corrected chi connectivity index (χ1v) is 7.25. The third-order valence-corrected chi connectivity index (χ3v) is 5.66. The van der Waals surface area contributed by atoms with Gasteiger partial charge in [0.05, 0.1) is 6.61 Å². The fourth-order valence-electron chi connectivity index (χ4n) is 3.78. The van der Waals surface area contributed by atoms with Crippen molar-refractivity contribution < 1.29 is 9.90 Å². The number of aliphatic hydroxyl groups excluding tert-OH is 1. The highest BCUT2D eigenvalue weighted by Gasteiger charge is 2.69. The molecule has 2 fully saturated rings. The maximum atomic E-state index is 12.7. The molecule has 0 aromatic rings. The Morgan fingerprint density at radius 2 is 1.67 bits per heavy atom. The second-order valence-corrected chi connectivity index (χ2v) is 7.07. The van der Waals surface area contributed by atoms with E-state index in [2.05, 4.69) is 27.7 Å². The molecule has 0 aromatic heterocycles. The van der Waals surface area contributed by atoms with Crippen molar-refractivity contribution in [1.29, 1.82) is 0 Å². The van der Waals surface area contributed by atoms with Crippen molar-refractivity contribution in [3.63, 3.8) is 0 Å². The lowest BCUT2D eigenvalue weighted by molar-refractivity contribution is -0.136. The van der Waals surface area contributed by atoms with E-state index in [0.29, 0.717) is 12.6 Å². The molecule has 0 bridgehead atoms. The standard InChI is InChI=1S/C15H27NO2/c1-14(2)12(15(14,3)4)13(18)16(9-10-17)11-7-5-6-8-11/h11-12,17H,5-10H2,1-4H3. The van der Waals surface area contributed by atoms with Crippen LogP contribution >= 0.6 is 0 Å². The van der Waals surface area contributed by atoms with Crippen molar-refractivity contribution in [2.75, 3.05) is 13.2 Å². The van der Waals surface area contributed by atoms with Crippen LogP contribution in [-0.2, 0) is 4.79 Å². The van der Waals surface area contributed by atoms with E-state index >= 15 is 0 Å². The van der Waals surface area contributed by atoms with Gasteiger partial charge in [-0.25, -0.2) is 0 Å². The maximum absolute atomic E-state index is 12.7. The molecule has 0 saturated heterocycles. The topological polar surface area (TPSA) is 40.5 Å². The average molecular weight is 253 g/mol. The number of hydrogen-bond acceptors (Lipinski definition) is 2. The van der Waals surface area contributed by atoms with Crippen LogP contribution in [0.15, 0.2) is 0 Å². The van der Waals surface area contributed by atoms with Crippen LogP contribution in [0.1, 0.15) is 53.4 Å². The van der Waals surface area contributed by atoms with Gasteiger partial charge in [-0.15, -0.1) is 0 Å². The Morgan fingerprint density at radius 3 is 2.06 bits per heavy atom. The molecule has 0 aromatic carbocycles. The van der Waals surface area contributed by atoms with Gasteiger partial charge in [0.1, 0.15) is 0 Å². The number of rotatable bonds is 4. The third-order valence-electron chi connectivity index (χ3n) is 5.66. The van der Waals surface area contributed by atoms with Gasteiger partial charge in [-0.3, -0.25) is 4.79 Å². The molecule has 0 aliphatic heterocycles. The maximum Gasteiger partial charge on any atom is 0.227 e. The molecule has 1 N–H and O–H groups in total. The van der Waals surface area contributed by atoms with E-state index in [9.17, 15) is 9.90 Å². The second kappa shape index (κ2) is 4.52. The number of nitrogens with zero attached hydrogens (tertiary/aromatic N) is 1. The van der Waals surface area contributed by atoms with Gasteiger partial charge in [-0.1, -0.05) is 40.5 Å². The molecular weight excluding hydrogens is 226 g/mol. The predicted molar refractivity (Wildman–Crippen MR) is 72.1 cm³/mol. The predicted octanol–water partition coefficient (Wildman–Crippen LogP) is 2.43. The Hall–Kier alpha value is -0.570. The number of hydrogen-bond donors (Lipinski definition) is 1. The Morgan fingerprint density at radius 1 is 1.17 bits per heavy atom. The van der Waals surface area contributed by atoms with Crippen LogP contribution in [0.4, 0.5) is 0 Å². The Labute approximate surface area is 111 Å². The minimum absolute atomic E-state index is 0.0792. The van der Waals surface area contributed by atoms with E-state index in [0.717, 1.165) is 12.8 Å². The highest BCUT2D eigenvalue weighted by Crippen LogP contribution is 2.68. The zero-order valence-electron chi connectivity index (χ0n) is 12.2. The molecule has 0 atom stereocenters. The van der Waals surface area contributed by atoms with Crippen molar-refractivity contribution in [2.45, 2.75) is 59.4 Å². The van der Waals surface area contributed by atoms with Crippen molar-refractivity contribution in [3.8, 4) is 0 Å². The summed E-state index contributed by atoms with van der Waals surface area (Å²) < 4.78 is 0. The van der Waals surface area contributed by atoms with Gasteiger partial charge in [0.2, 0.25) is 5.91 Å². The Bertz CT molecular complexity index is 315. The molecule has 2 aliphatic rings. The number of carbonyl (C=O) groups excluding carboxylic acids is 1. The normalized spacial score (nSPS) is 26.3. The van der Waals surface area contributed by atoms with Crippen LogP contribution in [0.2, 0.25) is 0 Å². The summed E-state index contributed by atoms with van der Waals surface area (Å²) in [5.41, 5.74) is 0.187. The average Bonchev–Trinajstić information content (AvgIpc) is 2.70. The molecule has 1 amide bonds. The molecule has 0 radical (unpaired) electrons. The fourth-order valence-corrected chi connectivity index (χ4v) is 3.78. The van der Waals surface area contributed by atoms with Crippen LogP contribution in [0, 0.1) is 16.7 Å². The molecule has 104 valence electrons. The molecule has 2 rings (SSSR count). The van der Waals surface area contributed by atoms with Crippen molar-refractivity contribution in [1.82, 2.24) is 4.90 Å². The minimum Gasteiger partial charge on any atom is -0.395 e. The highest BCUT2D eigenvalue weighted by molar-refractivity contribution is 5.84. The summed E-state index contributed by atoms with van der Waals surface area (Å²) in [4.78, 5) is 14.7. The van der Waals surface area contributed by atoms with Gasteiger partial charge in [0.25, 0.3) is 0 Å². The van der Waals surface area contributed by atoms with Gasteiger partial charge >= 0.3 is 0 Å². The van der Waals surface area contributed by atoms with Crippen molar-refractivity contribution in [3.05, 3.63) is 0 Å². The molecule has 2 saturated carbocycles. The van der Waals surface area contributed by atoms with Crippen LogP contribution in [-0.4, -0.2) is 35.1 Å². The SMILES string of the molecule is CC1(C)C(C(=O)N(CCO)C2CCCC2)C1(C)C. The van der Waals surface area contributed by atoms with E-state index in [1.165, 1.54) is 12.8 Å². The molecule has 18 heavy (non-hydrogen) atoms. The van der Waals surface area contributed by atoms with Gasteiger partial charge in [0, 0.05) is 18.5 Å². The van der Waals surface area contributed by atoms with Gasteiger partial charge in [-0.2, -0.15) is 0 Å². The molecule has 0 heterocycles. The second-order valence-electron chi connectivity index (χ2n) is 7.07. The van der Waals surface area contributed by atoms with Gasteiger partial charge < -0.3 is 10.0 Å². The molecule has 0 spiro atoms. The van der Waals surface area contributed by atoms with E-state index < -0.39 is 0 Å². The first-order valence-electron chi connectivity index (χ1n) is 7.25. The molecular formula is C15H27NO2. The first-order chi connectivity index (χ1) is 8.34. The van der Waals surface area contributed by atoms with Crippen LogP contribution < -0.4 is 0 Å². The lowest BCUT2D eigenvalue weighted by Crippen LogP contribution is -2.42. The largest absolute Gasteiger partial charge is 0.395 e. The van der Waals surface area contributed by atoms with Crippen molar-refractivity contribution in [2.24, 2.45) is 16.7 Å². The summed E-state index contributed by atoms with van der Waals surface area (Å²) in [6, 6.07) is 0.372. The lowest BCUT2D eigenvalue weighted by atomic mass is 10.0. The van der Waals surface area contributed by atoms with E-state index in [-0.39, 0.29) is 29.3 Å². The van der Waals surface area contributed by atoms with Crippen LogP contribution in [0.25, 0.3) is 0 Å². The lowest BCUT2D eigenvalue weighted by Gasteiger charge is -2.29. The van der Waals surface area contributed by atoms with Crippen LogP contribution in [0.5, 0.6) is 0 Å². The van der Waals surface area contributed by atoms with Crippen molar-refractivity contribution >= 4 is 5.91 Å².